The van der Waals surface area contributed by atoms with E-state index in [4.69, 9.17) is 9.47 Å². The van der Waals surface area contributed by atoms with Gasteiger partial charge in [0.05, 0.1) is 20.8 Å². The third-order valence-electron chi connectivity index (χ3n) is 5.90. The first-order chi connectivity index (χ1) is 17.8. The number of rotatable bonds is 12. The van der Waals surface area contributed by atoms with Gasteiger partial charge in [-0.05, 0) is 60.5 Å². The third-order valence-corrected chi connectivity index (χ3v) is 6.76. The zero-order chi connectivity index (χ0) is 26.8. The summed E-state index contributed by atoms with van der Waals surface area (Å²) in [6.07, 6.45) is 0.650. The smallest absolute Gasteiger partial charge is 0.322 e. The van der Waals surface area contributed by atoms with Crippen molar-refractivity contribution in [3.63, 3.8) is 0 Å². The van der Waals surface area contributed by atoms with E-state index in [1.807, 2.05) is 85.6 Å². The van der Waals surface area contributed by atoms with E-state index in [0.29, 0.717) is 43.2 Å². The molecule has 1 N–H and O–H groups in total. The standard InChI is InChI=1S/C29H37N3O4S/c1-21(2)18-32(29(34)30-24-11-8-22(3)9-12-24)20-28(33)31(19-25-7-6-16-37-25)15-14-23-10-13-26(35-4)27(17-23)36-5/h6-13,16-17,21H,14-15,18-20H2,1-5H3,(H,30,34). The highest BCUT2D eigenvalue weighted by Gasteiger charge is 2.23. The number of thiophene rings is 1. The van der Waals surface area contributed by atoms with E-state index >= 15 is 0 Å². The highest BCUT2D eigenvalue weighted by Crippen LogP contribution is 2.28. The molecule has 198 valence electrons. The van der Waals surface area contributed by atoms with Crippen LogP contribution in [0, 0.1) is 12.8 Å². The first-order valence-electron chi connectivity index (χ1n) is 12.4. The third kappa shape index (κ3) is 8.53. The summed E-state index contributed by atoms with van der Waals surface area (Å²) in [5.41, 5.74) is 2.87. The molecule has 37 heavy (non-hydrogen) atoms. The number of ether oxygens (including phenoxy) is 2. The first-order valence-corrected chi connectivity index (χ1v) is 13.3. The van der Waals surface area contributed by atoms with Gasteiger partial charge in [-0.25, -0.2) is 4.79 Å². The molecular formula is C29H37N3O4S. The molecule has 7 nitrogen and oxygen atoms in total. The van der Waals surface area contributed by atoms with E-state index < -0.39 is 0 Å². The number of urea groups is 1. The maximum absolute atomic E-state index is 13.6. The number of hydrogen-bond donors (Lipinski definition) is 1. The Bertz CT molecular complexity index is 1150. The van der Waals surface area contributed by atoms with Gasteiger partial charge in [0, 0.05) is 23.7 Å². The predicted molar refractivity (Wildman–Crippen MR) is 150 cm³/mol. The summed E-state index contributed by atoms with van der Waals surface area (Å²) in [7, 11) is 3.22. The number of carbonyl (C=O) groups is 2. The molecular weight excluding hydrogens is 486 g/mol. The summed E-state index contributed by atoms with van der Waals surface area (Å²) in [6.45, 7) is 7.58. The second-order valence-electron chi connectivity index (χ2n) is 9.40. The fourth-order valence-corrected chi connectivity index (χ4v) is 4.66. The molecule has 1 aromatic heterocycles. The Labute approximate surface area is 224 Å². The Morgan fingerprint density at radius 3 is 2.32 bits per heavy atom. The van der Waals surface area contributed by atoms with Crippen molar-refractivity contribution in [2.24, 2.45) is 5.92 Å². The molecule has 0 saturated carbocycles. The lowest BCUT2D eigenvalue weighted by atomic mass is 10.1. The van der Waals surface area contributed by atoms with E-state index in [1.165, 1.54) is 0 Å². The molecule has 0 spiro atoms. The van der Waals surface area contributed by atoms with E-state index in [-0.39, 0.29) is 24.4 Å². The molecule has 2 aromatic carbocycles. The molecule has 3 rings (SSSR count). The average molecular weight is 524 g/mol. The summed E-state index contributed by atoms with van der Waals surface area (Å²) in [4.78, 5) is 31.2. The van der Waals surface area contributed by atoms with Gasteiger partial charge in [0.1, 0.15) is 6.54 Å². The Kier molecular flexibility index (Phi) is 10.4. The molecule has 0 atom stereocenters. The number of hydrogen-bond acceptors (Lipinski definition) is 5. The maximum atomic E-state index is 13.6. The molecule has 0 fully saturated rings. The van der Waals surface area contributed by atoms with Crippen molar-refractivity contribution in [2.45, 2.75) is 33.7 Å². The molecule has 0 saturated heterocycles. The quantitative estimate of drug-likeness (QED) is 0.324. The number of nitrogens with zero attached hydrogens (tertiary/aromatic N) is 2. The topological polar surface area (TPSA) is 71.1 Å². The lowest BCUT2D eigenvalue weighted by Crippen LogP contribution is -2.46. The SMILES string of the molecule is COc1ccc(CCN(Cc2cccs2)C(=O)CN(CC(C)C)C(=O)Nc2ccc(C)cc2)cc1OC. The second-order valence-corrected chi connectivity index (χ2v) is 10.4. The van der Waals surface area contributed by atoms with Crippen LogP contribution in [-0.2, 0) is 17.8 Å². The number of carbonyl (C=O) groups excluding carboxylic acids is 2. The largest absolute Gasteiger partial charge is 0.493 e. The number of amides is 3. The molecule has 3 aromatic rings. The van der Waals surface area contributed by atoms with Gasteiger partial charge in [-0.15, -0.1) is 11.3 Å². The van der Waals surface area contributed by atoms with Crippen molar-refractivity contribution in [3.8, 4) is 11.5 Å². The van der Waals surface area contributed by atoms with Crippen LogP contribution in [0.2, 0.25) is 0 Å². The summed E-state index contributed by atoms with van der Waals surface area (Å²) >= 11 is 1.62. The zero-order valence-corrected chi connectivity index (χ0v) is 23.1. The van der Waals surface area contributed by atoms with Crippen molar-refractivity contribution < 1.29 is 19.1 Å². The Balaban J connectivity index is 1.74. The van der Waals surface area contributed by atoms with Crippen LogP contribution in [0.3, 0.4) is 0 Å². The molecule has 0 unspecified atom stereocenters. The van der Waals surface area contributed by atoms with Crippen molar-refractivity contribution in [3.05, 3.63) is 76.0 Å². The number of benzene rings is 2. The van der Waals surface area contributed by atoms with Crippen LogP contribution in [-0.4, -0.2) is 55.6 Å². The monoisotopic (exact) mass is 523 g/mol. The van der Waals surface area contributed by atoms with Gasteiger partial charge in [0.2, 0.25) is 5.91 Å². The molecule has 0 aliphatic heterocycles. The minimum atomic E-state index is -0.276. The summed E-state index contributed by atoms with van der Waals surface area (Å²) in [5, 5.41) is 4.94. The maximum Gasteiger partial charge on any atom is 0.322 e. The van der Waals surface area contributed by atoms with Crippen LogP contribution in [0.25, 0.3) is 0 Å². The molecule has 0 bridgehead atoms. The fourth-order valence-electron chi connectivity index (χ4n) is 3.95. The molecule has 3 amide bonds. The van der Waals surface area contributed by atoms with Gasteiger partial charge in [-0.1, -0.05) is 43.7 Å². The van der Waals surface area contributed by atoms with Crippen LogP contribution >= 0.6 is 11.3 Å². The predicted octanol–water partition coefficient (Wildman–Crippen LogP) is 5.84. The molecule has 0 aliphatic rings. The van der Waals surface area contributed by atoms with Gasteiger partial charge >= 0.3 is 6.03 Å². The van der Waals surface area contributed by atoms with Crippen LogP contribution in [0.5, 0.6) is 11.5 Å². The highest BCUT2D eigenvalue weighted by molar-refractivity contribution is 7.09. The number of aryl methyl sites for hydroxylation is 1. The van der Waals surface area contributed by atoms with E-state index in [1.54, 1.807) is 30.5 Å². The van der Waals surface area contributed by atoms with Crippen molar-refractivity contribution in [1.29, 1.82) is 0 Å². The summed E-state index contributed by atoms with van der Waals surface area (Å²) in [5.74, 6) is 1.45. The van der Waals surface area contributed by atoms with E-state index in [9.17, 15) is 9.59 Å². The van der Waals surface area contributed by atoms with E-state index in [0.717, 1.165) is 16.0 Å². The Hall–Kier alpha value is -3.52. The zero-order valence-electron chi connectivity index (χ0n) is 22.3. The minimum Gasteiger partial charge on any atom is -0.493 e. The molecule has 0 radical (unpaired) electrons. The Morgan fingerprint density at radius 2 is 1.70 bits per heavy atom. The van der Waals surface area contributed by atoms with Crippen LogP contribution in [0.1, 0.15) is 29.9 Å². The second kappa shape index (κ2) is 13.7. The van der Waals surface area contributed by atoms with Crippen molar-refractivity contribution in [1.82, 2.24) is 9.80 Å². The van der Waals surface area contributed by atoms with Gasteiger partial charge in [-0.3, -0.25) is 4.79 Å². The Morgan fingerprint density at radius 1 is 0.973 bits per heavy atom. The van der Waals surface area contributed by atoms with Crippen molar-refractivity contribution >= 4 is 29.0 Å². The molecule has 1 heterocycles. The van der Waals surface area contributed by atoms with E-state index in [2.05, 4.69) is 5.32 Å². The number of methoxy groups -OCH3 is 2. The number of anilines is 1. The van der Waals surface area contributed by atoms with Crippen LogP contribution in [0.4, 0.5) is 10.5 Å². The van der Waals surface area contributed by atoms with Crippen LogP contribution < -0.4 is 14.8 Å². The summed E-state index contributed by atoms with van der Waals surface area (Å²) < 4.78 is 10.8. The molecule has 0 aliphatic carbocycles. The average Bonchev–Trinajstić information content (AvgIpc) is 3.40. The van der Waals surface area contributed by atoms with Gasteiger partial charge in [0.25, 0.3) is 0 Å². The highest BCUT2D eigenvalue weighted by atomic mass is 32.1. The van der Waals surface area contributed by atoms with Gasteiger partial charge in [0.15, 0.2) is 11.5 Å². The fraction of sp³-hybridized carbons (Fsp3) is 0.379. The molecule has 8 heteroatoms. The normalized spacial score (nSPS) is 10.8. The lowest BCUT2D eigenvalue weighted by Gasteiger charge is -2.29. The van der Waals surface area contributed by atoms with Gasteiger partial charge in [-0.2, -0.15) is 0 Å². The minimum absolute atomic E-state index is 0.00713. The van der Waals surface area contributed by atoms with Gasteiger partial charge < -0.3 is 24.6 Å². The number of nitrogens with one attached hydrogen (secondary N) is 1. The summed E-state index contributed by atoms with van der Waals surface area (Å²) in [6, 6.07) is 17.2. The first kappa shape index (κ1) is 28.1. The van der Waals surface area contributed by atoms with Crippen LogP contribution in [0.15, 0.2) is 60.0 Å². The lowest BCUT2D eigenvalue weighted by molar-refractivity contribution is -0.132. The van der Waals surface area contributed by atoms with Crippen molar-refractivity contribution in [2.75, 3.05) is 39.2 Å².